The fourth-order valence-corrected chi connectivity index (χ4v) is 3.75. The molecule has 1 fully saturated rings. The van der Waals surface area contributed by atoms with E-state index in [2.05, 4.69) is 24.9 Å². The van der Waals surface area contributed by atoms with Gasteiger partial charge in [-0.1, -0.05) is 0 Å². The van der Waals surface area contributed by atoms with E-state index in [1.54, 1.807) is 0 Å². The van der Waals surface area contributed by atoms with E-state index in [4.69, 9.17) is 0 Å². The van der Waals surface area contributed by atoms with Gasteiger partial charge in [0.1, 0.15) is 10.5 Å². The molecule has 3 heterocycles. The molecule has 0 amide bonds. The largest absolute Gasteiger partial charge is 0.327 e. The molecule has 3 rings (SSSR count). The number of nitrogens with one attached hydrogen (secondary N) is 4. The molecule has 4 N–H and O–H groups in total. The van der Waals surface area contributed by atoms with E-state index in [9.17, 15) is 18.0 Å². The van der Waals surface area contributed by atoms with Gasteiger partial charge in [-0.15, -0.1) is 24.8 Å². The van der Waals surface area contributed by atoms with Gasteiger partial charge in [-0.3, -0.25) is 14.8 Å². The number of piperazine rings is 1. The second-order valence-corrected chi connectivity index (χ2v) is 7.59. The molecule has 0 aliphatic carbocycles. The van der Waals surface area contributed by atoms with Crippen LogP contribution in [0.3, 0.4) is 0 Å². The molecule has 0 bridgehead atoms. The lowest BCUT2D eigenvalue weighted by atomic mass is 10.3. The molecule has 0 radical (unpaired) electrons. The number of fused-ring (bicyclic) bond motifs is 1. The normalized spacial score (nSPS) is 15.1. The first kappa shape index (κ1) is 23.5. The molecule has 13 heteroatoms. The summed E-state index contributed by atoms with van der Waals surface area (Å²) < 4.78 is 27.2. The summed E-state index contributed by atoms with van der Waals surface area (Å²) in [6.45, 7) is 4.94. The Balaban J connectivity index is 0.00000182. The quantitative estimate of drug-likeness (QED) is 0.423. The summed E-state index contributed by atoms with van der Waals surface area (Å²) in [5.41, 5.74) is -1.32. The van der Waals surface area contributed by atoms with E-state index in [0.717, 1.165) is 38.9 Å². The van der Waals surface area contributed by atoms with Gasteiger partial charge in [0.2, 0.25) is 10.0 Å². The Morgan fingerprint density at radius 1 is 1.15 bits per heavy atom. The molecule has 0 aromatic carbocycles. The minimum absolute atomic E-state index is 0. The van der Waals surface area contributed by atoms with Crippen LogP contribution in [0.4, 0.5) is 0 Å². The van der Waals surface area contributed by atoms with Gasteiger partial charge in [-0.25, -0.2) is 22.9 Å². The van der Waals surface area contributed by atoms with E-state index in [1.165, 1.54) is 6.07 Å². The Morgan fingerprint density at radius 2 is 1.85 bits per heavy atom. The molecule has 27 heavy (non-hydrogen) atoms. The predicted octanol–water partition coefficient (Wildman–Crippen LogP) is -0.971. The van der Waals surface area contributed by atoms with Gasteiger partial charge in [0.15, 0.2) is 0 Å². The van der Waals surface area contributed by atoms with Crippen LogP contribution >= 0.6 is 24.8 Å². The number of halogens is 2. The van der Waals surface area contributed by atoms with Gasteiger partial charge in [0.25, 0.3) is 5.56 Å². The molecule has 0 saturated carbocycles. The zero-order valence-electron chi connectivity index (χ0n) is 14.4. The van der Waals surface area contributed by atoms with Crippen molar-refractivity contribution >= 4 is 45.9 Å². The number of hydrogen-bond donors (Lipinski definition) is 4. The molecule has 2 aromatic rings. The van der Waals surface area contributed by atoms with E-state index >= 15 is 0 Å². The second kappa shape index (κ2) is 10.2. The lowest BCUT2D eigenvalue weighted by molar-refractivity contribution is 0.239. The highest BCUT2D eigenvalue weighted by atomic mass is 35.5. The molecule has 0 spiro atoms. The minimum atomic E-state index is -3.77. The Kier molecular flexibility index (Phi) is 8.85. The standard InChI is InChI=1S/C14H20N6O4S.2ClH/c21-13-11-8-10(9-16-12(11)18-14(22)19-13)25(23,24)17-2-1-5-20-6-3-15-4-7-20;;/h8-9,15,17H,1-7H2,(H2,16,18,19,21,22);2*1H. The number of H-pyrrole nitrogens is 2. The van der Waals surface area contributed by atoms with E-state index in [0.29, 0.717) is 13.0 Å². The van der Waals surface area contributed by atoms with Crippen LogP contribution in [0.15, 0.2) is 26.7 Å². The molecule has 1 aliphatic rings. The predicted molar refractivity (Wildman–Crippen MR) is 107 cm³/mol. The van der Waals surface area contributed by atoms with Gasteiger partial charge >= 0.3 is 5.69 Å². The van der Waals surface area contributed by atoms with Crippen molar-refractivity contribution in [3.05, 3.63) is 33.1 Å². The number of sulfonamides is 1. The highest BCUT2D eigenvalue weighted by Gasteiger charge is 2.16. The molecule has 152 valence electrons. The first-order valence-electron chi connectivity index (χ1n) is 8.01. The Morgan fingerprint density at radius 3 is 2.56 bits per heavy atom. The highest BCUT2D eigenvalue weighted by molar-refractivity contribution is 7.89. The zero-order valence-corrected chi connectivity index (χ0v) is 16.8. The molecule has 2 aromatic heterocycles. The van der Waals surface area contributed by atoms with Crippen molar-refractivity contribution in [3.63, 3.8) is 0 Å². The minimum Gasteiger partial charge on any atom is -0.314 e. The van der Waals surface area contributed by atoms with Crippen LogP contribution < -0.4 is 21.3 Å². The first-order chi connectivity index (χ1) is 12.0. The first-order valence-corrected chi connectivity index (χ1v) is 9.49. The van der Waals surface area contributed by atoms with Gasteiger partial charge in [0, 0.05) is 38.9 Å². The van der Waals surface area contributed by atoms with E-state index in [1.807, 2.05) is 4.98 Å². The van der Waals surface area contributed by atoms with Crippen molar-refractivity contribution < 1.29 is 8.42 Å². The van der Waals surface area contributed by atoms with Gasteiger partial charge < -0.3 is 10.2 Å². The van der Waals surface area contributed by atoms with Crippen molar-refractivity contribution in [2.75, 3.05) is 39.3 Å². The summed E-state index contributed by atoms with van der Waals surface area (Å²) in [5, 5.41) is 3.28. The molecule has 1 saturated heterocycles. The van der Waals surface area contributed by atoms with E-state index < -0.39 is 21.3 Å². The Bertz CT molecular complexity index is 971. The average Bonchev–Trinajstić information content (AvgIpc) is 2.59. The summed E-state index contributed by atoms with van der Waals surface area (Å²) >= 11 is 0. The van der Waals surface area contributed by atoms with Gasteiger partial charge in [-0.05, 0) is 19.0 Å². The molecular formula is C14H22Cl2N6O4S. The Labute approximate surface area is 168 Å². The summed E-state index contributed by atoms with van der Waals surface area (Å²) in [5.74, 6) is 0. The number of aromatic amines is 2. The van der Waals surface area contributed by atoms with Crippen LogP contribution in [0.25, 0.3) is 11.0 Å². The van der Waals surface area contributed by atoms with Crippen LogP contribution in [-0.4, -0.2) is 67.5 Å². The van der Waals surface area contributed by atoms with Crippen molar-refractivity contribution in [1.82, 2.24) is 29.9 Å². The summed E-state index contributed by atoms with van der Waals surface area (Å²) in [7, 11) is -3.77. The molecule has 10 nitrogen and oxygen atoms in total. The summed E-state index contributed by atoms with van der Waals surface area (Å²) in [6.07, 6.45) is 1.81. The maximum atomic E-state index is 12.3. The van der Waals surface area contributed by atoms with Crippen molar-refractivity contribution in [3.8, 4) is 0 Å². The molecule has 0 unspecified atom stereocenters. The molecule has 1 aliphatic heterocycles. The SMILES string of the molecule is Cl.Cl.O=c1[nH]c(=O)c2cc(S(=O)(=O)NCCCN3CCNCC3)cnc2[nH]1. The number of hydrogen-bond acceptors (Lipinski definition) is 7. The summed E-state index contributed by atoms with van der Waals surface area (Å²) in [4.78, 5) is 33.4. The van der Waals surface area contributed by atoms with Crippen molar-refractivity contribution in [2.45, 2.75) is 11.3 Å². The van der Waals surface area contributed by atoms with Crippen molar-refractivity contribution in [1.29, 1.82) is 0 Å². The number of pyridine rings is 1. The number of aromatic nitrogens is 3. The Hall–Kier alpha value is -1.50. The fraction of sp³-hybridized carbons (Fsp3) is 0.500. The molecule has 0 atom stereocenters. The highest BCUT2D eigenvalue weighted by Crippen LogP contribution is 2.11. The van der Waals surface area contributed by atoms with Crippen molar-refractivity contribution in [2.24, 2.45) is 0 Å². The third-order valence-corrected chi connectivity index (χ3v) is 5.46. The van der Waals surface area contributed by atoms with Crippen LogP contribution in [0, 0.1) is 0 Å². The smallest absolute Gasteiger partial charge is 0.314 e. The van der Waals surface area contributed by atoms with E-state index in [-0.39, 0.29) is 40.7 Å². The summed E-state index contributed by atoms with van der Waals surface area (Å²) in [6, 6.07) is 1.20. The lowest BCUT2D eigenvalue weighted by Crippen LogP contribution is -2.44. The van der Waals surface area contributed by atoms with Crippen LogP contribution in [0.1, 0.15) is 6.42 Å². The van der Waals surface area contributed by atoms with Crippen LogP contribution in [0.5, 0.6) is 0 Å². The van der Waals surface area contributed by atoms with Crippen LogP contribution in [-0.2, 0) is 10.0 Å². The fourth-order valence-electron chi connectivity index (χ4n) is 2.70. The topological polar surface area (TPSA) is 140 Å². The molecular weight excluding hydrogens is 419 g/mol. The number of rotatable bonds is 6. The monoisotopic (exact) mass is 440 g/mol. The average molecular weight is 441 g/mol. The number of nitrogens with zero attached hydrogens (tertiary/aromatic N) is 2. The van der Waals surface area contributed by atoms with Crippen LogP contribution in [0.2, 0.25) is 0 Å². The van der Waals surface area contributed by atoms with Gasteiger partial charge in [-0.2, -0.15) is 0 Å². The van der Waals surface area contributed by atoms with Gasteiger partial charge in [0.05, 0.1) is 5.39 Å². The maximum Gasteiger partial charge on any atom is 0.327 e. The zero-order chi connectivity index (χ0) is 17.9. The lowest BCUT2D eigenvalue weighted by Gasteiger charge is -2.27. The third-order valence-electron chi connectivity index (χ3n) is 4.03. The third kappa shape index (κ3) is 5.99. The maximum absolute atomic E-state index is 12.3. The second-order valence-electron chi connectivity index (χ2n) is 5.82.